The lowest BCUT2D eigenvalue weighted by Gasteiger charge is -2.14. The van der Waals surface area contributed by atoms with Crippen LogP contribution in [-0.2, 0) is 4.84 Å². The topological polar surface area (TPSA) is 42.4 Å². The van der Waals surface area contributed by atoms with E-state index < -0.39 is 0 Å². The van der Waals surface area contributed by atoms with Crippen molar-refractivity contribution in [2.45, 2.75) is 0 Å². The molecule has 2 aromatic rings. The maximum absolute atomic E-state index is 12.9. The molecule has 1 aromatic carbocycles. The van der Waals surface area contributed by atoms with Gasteiger partial charge in [0.05, 0.1) is 12.8 Å². The highest BCUT2D eigenvalue weighted by atomic mass is 35.5. The van der Waals surface area contributed by atoms with E-state index in [4.69, 9.17) is 16.4 Å². The molecule has 20 heavy (non-hydrogen) atoms. The average Bonchev–Trinajstić information content (AvgIpc) is 2.45. The fourth-order valence-corrected chi connectivity index (χ4v) is 1.86. The van der Waals surface area contributed by atoms with Crippen LogP contribution in [0.2, 0.25) is 5.15 Å². The number of carbonyl (C=O) groups is 1. The van der Waals surface area contributed by atoms with Crippen LogP contribution in [-0.4, -0.2) is 30.1 Å². The van der Waals surface area contributed by atoms with Gasteiger partial charge in [-0.3, -0.25) is 9.63 Å². The minimum atomic E-state index is -0.347. The van der Waals surface area contributed by atoms with Gasteiger partial charge in [-0.2, -0.15) is 0 Å². The molecule has 0 N–H and O–H groups in total. The number of hydrogen-bond donors (Lipinski definition) is 0. The van der Waals surface area contributed by atoms with E-state index >= 15 is 0 Å². The maximum atomic E-state index is 12.9. The number of aromatic nitrogens is 1. The summed E-state index contributed by atoms with van der Waals surface area (Å²) in [5.41, 5.74) is 1.50. The Hall–Kier alpha value is -1.98. The molecule has 104 valence electrons. The molecule has 0 radical (unpaired) electrons. The van der Waals surface area contributed by atoms with E-state index in [1.165, 1.54) is 32.4 Å². The lowest BCUT2D eigenvalue weighted by atomic mass is 10.1. The van der Waals surface area contributed by atoms with Gasteiger partial charge in [0.2, 0.25) is 0 Å². The van der Waals surface area contributed by atoms with E-state index in [2.05, 4.69) is 4.98 Å². The summed E-state index contributed by atoms with van der Waals surface area (Å²) in [6.45, 7) is 0. The van der Waals surface area contributed by atoms with Crippen LogP contribution < -0.4 is 0 Å². The molecule has 1 heterocycles. The van der Waals surface area contributed by atoms with Gasteiger partial charge in [-0.05, 0) is 36.4 Å². The number of pyridine rings is 1. The van der Waals surface area contributed by atoms with E-state index in [0.717, 1.165) is 5.06 Å². The molecule has 0 saturated heterocycles. The second kappa shape index (κ2) is 5.98. The second-order valence-electron chi connectivity index (χ2n) is 4.06. The zero-order chi connectivity index (χ0) is 14.7. The average molecular weight is 295 g/mol. The molecule has 0 aliphatic heterocycles. The maximum Gasteiger partial charge on any atom is 0.277 e. The van der Waals surface area contributed by atoms with Crippen molar-refractivity contribution in [1.29, 1.82) is 0 Å². The minimum absolute atomic E-state index is 0.180. The van der Waals surface area contributed by atoms with Crippen LogP contribution in [0.15, 0.2) is 36.4 Å². The normalized spacial score (nSPS) is 10.4. The molecule has 6 heteroatoms. The number of benzene rings is 1. The third-order valence-electron chi connectivity index (χ3n) is 2.74. The highest BCUT2D eigenvalue weighted by Crippen LogP contribution is 2.22. The molecule has 4 nitrogen and oxygen atoms in total. The molecular weight excluding hydrogens is 283 g/mol. The summed E-state index contributed by atoms with van der Waals surface area (Å²) in [5, 5.41) is 1.26. The molecule has 1 aromatic heterocycles. The summed E-state index contributed by atoms with van der Waals surface area (Å²) in [5.74, 6) is -0.689. The van der Waals surface area contributed by atoms with Crippen LogP contribution in [0, 0.1) is 5.82 Å². The summed E-state index contributed by atoms with van der Waals surface area (Å²) < 4.78 is 12.9. The Morgan fingerprint density at radius 2 is 1.95 bits per heavy atom. The van der Waals surface area contributed by atoms with E-state index in [0.29, 0.717) is 16.8 Å². The van der Waals surface area contributed by atoms with Crippen LogP contribution in [0.25, 0.3) is 11.3 Å². The summed E-state index contributed by atoms with van der Waals surface area (Å²) >= 11 is 5.93. The van der Waals surface area contributed by atoms with Crippen molar-refractivity contribution < 1.29 is 14.0 Å². The first-order valence-electron chi connectivity index (χ1n) is 5.77. The Balaban J connectivity index is 2.43. The van der Waals surface area contributed by atoms with Crippen LogP contribution in [0.4, 0.5) is 4.39 Å². The molecule has 0 spiro atoms. The molecule has 2 rings (SSSR count). The number of amides is 1. The standard InChI is InChI=1S/C14H12ClFN2O2/c1-18(20-2)14(19)10-7-12(17-13(15)8-10)9-3-5-11(16)6-4-9/h3-8H,1-2H3. The fraction of sp³-hybridized carbons (Fsp3) is 0.143. The second-order valence-corrected chi connectivity index (χ2v) is 4.44. The predicted octanol–water partition coefficient (Wildman–Crippen LogP) is 3.17. The Kier molecular flexibility index (Phi) is 4.32. The Bertz CT molecular complexity index is 632. The summed E-state index contributed by atoms with van der Waals surface area (Å²) in [7, 11) is 2.88. The Morgan fingerprint density at radius 3 is 2.55 bits per heavy atom. The SMILES string of the molecule is CON(C)C(=O)c1cc(Cl)nc(-c2ccc(F)cc2)c1. The number of rotatable bonds is 3. The molecule has 0 atom stereocenters. The van der Waals surface area contributed by atoms with Gasteiger partial charge in [-0.15, -0.1) is 0 Å². The zero-order valence-corrected chi connectivity index (χ0v) is 11.7. The molecule has 1 amide bonds. The van der Waals surface area contributed by atoms with Gasteiger partial charge >= 0.3 is 0 Å². The molecule has 0 saturated carbocycles. The Labute approximate surface area is 120 Å². The molecular formula is C14H12ClFN2O2. The van der Waals surface area contributed by atoms with Gasteiger partial charge in [0.15, 0.2) is 0 Å². The first kappa shape index (κ1) is 14.4. The predicted molar refractivity (Wildman–Crippen MR) is 73.7 cm³/mol. The number of halogens is 2. The number of carbonyl (C=O) groups excluding carboxylic acids is 1. The van der Waals surface area contributed by atoms with Crippen molar-refractivity contribution in [3.05, 3.63) is 52.9 Å². The number of hydrogen-bond acceptors (Lipinski definition) is 3. The number of nitrogens with zero attached hydrogens (tertiary/aromatic N) is 2. The van der Waals surface area contributed by atoms with Crippen LogP contribution in [0.5, 0.6) is 0 Å². The molecule has 0 bridgehead atoms. The summed E-state index contributed by atoms with van der Waals surface area (Å²) in [6, 6.07) is 8.81. The van der Waals surface area contributed by atoms with Gasteiger partial charge < -0.3 is 0 Å². The van der Waals surface area contributed by atoms with E-state index in [1.807, 2.05) is 0 Å². The van der Waals surface area contributed by atoms with Crippen LogP contribution >= 0.6 is 11.6 Å². The lowest BCUT2D eigenvalue weighted by Crippen LogP contribution is -2.25. The molecule has 0 aliphatic rings. The van der Waals surface area contributed by atoms with E-state index in [9.17, 15) is 9.18 Å². The molecule has 0 fully saturated rings. The van der Waals surface area contributed by atoms with Crippen molar-refractivity contribution in [3.8, 4) is 11.3 Å². The highest BCUT2D eigenvalue weighted by molar-refractivity contribution is 6.29. The first-order chi connectivity index (χ1) is 9.51. The molecule has 0 aliphatic carbocycles. The smallest absolute Gasteiger partial charge is 0.274 e. The van der Waals surface area contributed by atoms with Crippen molar-refractivity contribution in [3.63, 3.8) is 0 Å². The largest absolute Gasteiger partial charge is 0.277 e. The van der Waals surface area contributed by atoms with Crippen molar-refractivity contribution in [2.75, 3.05) is 14.2 Å². The van der Waals surface area contributed by atoms with Gasteiger partial charge in [-0.25, -0.2) is 14.4 Å². The monoisotopic (exact) mass is 294 g/mol. The first-order valence-corrected chi connectivity index (χ1v) is 6.14. The third-order valence-corrected chi connectivity index (χ3v) is 2.93. The van der Waals surface area contributed by atoms with Gasteiger partial charge in [0.25, 0.3) is 5.91 Å². The van der Waals surface area contributed by atoms with E-state index in [1.54, 1.807) is 18.2 Å². The number of hydroxylamine groups is 2. The van der Waals surface area contributed by atoms with Crippen molar-refractivity contribution >= 4 is 17.5 Å². The lowest BCUT2D eigenvalue weighted by molar-refractivity contribution is -0.0757. The van der Waals surface area contributed by atoms with Gasteiger partial charge in [0.1, 0.15) is 11.0 Å². The van der Waals surface area contributed by atoms with Crippen LogP contribution in [0.3, 0.4) is 0 Å². The van der Waals surface area contributed by atoms with Gasteiger partial charge in [0, 0.05) is 18.2 Å². The minimum Gasteiger partial charge on any atom is -0.274 e. The highest BCUT2D eigenvalue weighted by Gasteiger charge is 2.14. The zero-order valence-electron chi connectivity index (χ0n) is 10.9. The van der Waals surface area contributed by atoms with Crippen LogP contribution in [0.1, 0.15) is 10.4 Å². The van der Waals surface area contributed by atoms with Crippen molar-refractivity contribution in [1.82, 2.24) is 10.0 Å². The summed E-state index contributed by atoms with van der Waals surface area (Å²) in [6.07, 6.45) is 0. The summed E-state index contributed by atoms with van der Waals surface area (Å²) in [4.78, 5) is 21.0. The van der Waals surface area contributed by atoms with E-state index in [-0.39, 0.29) is 16.9 Å². The van der Waals surface area contributed by atoms with Crippen molar-refractivity contribution in [2.24, 2.45) is 0 Å². The fourth-order valence-electron chi connectivity index (χ4n) is 1.65. The molecule has 0 unspecified atom stereocenters. The Morgan fingerprint density at radius 1 is 1.30 bits per heavy atom. The third kappa shape index (κ3) is 3.12. The quantitative estimate of drug-likeness (QED) is 0.645. The van der Waals surface area contributed by atoms with Gasteiger partial charge in [-0.1, -0.05) is 11.6 Å².